The smallest absolute Gasteiger partial charge is 0.151 e. The highest BCUT2D eigenvalue weighted by Gasteiger charge is 2.26. The molecule has 0 saturated carbocycles. The molecule has 4 nitrogen and oxygen atoms in total. The Bertz CT molecular complexity index is 824. The van der Waals surface area contributed by atoms with Crippen molar-refractivity contribution in [1.82, 2.24) is 10.1 Å². The van der Waals surface area contributed by atoms with Crippen molar-refractivity contribution in [3.63, 3.8) is 0 Å². The molecule has 1 aliphatic heterocycles. The van der Waals surface area contributed by atoms with Crippen molar-refractivity contribution in [2.24, 2.45) is 5.92 Å². The van der Waals surface area contributed by atoms with E-state index in [0.29, 0.717) is 5.92 Å². The van der Waals surface area contributed by atoms with Crippen LogP contribution in [0.25, 0.3) is 11.3 Å². The summed E-state index contributed by atoms with van der Waals surface area (Å²) in [6, 6.07) is 22.4. The Labute approximate surface area is 160 Å². The van der Waals surface area contributed by atoms with E-state index in [4.69, 9.17) is 4.52 Å². The maximum Gasteiger partial charge on any atom is 0.151 e. The molecule has 27 heavy (non-hydrogen) atoms. The van der Waals surface area contributed by atoms with Crippen molar-refractivity contribution >= 4 is 0 Å². The molecule has 0 bridgehead atoms. The monoisotopic (exact) mass is 362 g/mol. The number of rotatable bonds is 6. The number of piperidine rings is 1. The second-order valence-corrected chi connectivity index (χ2v) is 7.42. The molecule has 2 heterocycles. The summed E-state index contributed by atoms with van der Waals surface area (Å²) in [5.41, 5.74) is 3.18. The van der Waals surface area contributed by atoms with Gasteiger partial charge in [-0.3, -0.25) is 4.90 Å². The van der Waals surface area contributed by atoms with Crippen LogP contribution in [0.5, 0.6) is 0 Å². The van der Waals surface area contributed by atoms with Gasteiger partial charge in [0.25, 0.3) is 0 Å². The molecule has 0 amide bonds. The van der Waals surface area contributed by atoms with E-state index in [0.717, 1.165) is 55.9 Å². The molecule has 1 aromatic heterocycles. The maximum atomic E-state index is 10.6. The fourth-order valence-electron chi connectivity index (χ4n) is 3.87. The third-order valence-electron chi connectivity index (χ3n) is 5.47. The molecule has 0 spiro atoms. The van der Waals surface area contributed by atoms with Crippen LogP contribution in [-0.2, 0) is 13.0 Å². The van der Waals surface area contributed by atoms with Crippen LogP contribution in [0.2, 0.25) is 0 Å². The Morgan fingerprint density at radius 2 is 1.67 bits per heavy atom. The zero-order chi connectivity index (χ0) is 18.5. The number of aliphatic hydroxyl groups excluding tert-OH is 1. The number of aromatic nitrogens is 1. The number of hydrogen-bond donors (Lipinski definition) is 1. The van der Waals surface area contributed by atoms with E-state index in [-0.39, 0.29) is 6.10 Å². The summed E-state index contributed by atoms with van der Waals surface area (Å²) in [5.74, 6) is 1.27. The van der Waals surface area contributed by atoms with Gasteiger partial charge in [0, 0.05) is 11.6 Å². The van der Waals surface area contributed by atoms with Gasteiger partial charge in [0.2, 0.25) is 0 Å². The minimum absolute atomic E-state index is 0.260. The average molecular weight is 362 g/mol. The second-order valence-electron chi connectivity index (χ2n) is 7.42. The Morgan fingerprint density at radius 1 is 1.00 bits per heavy atom. The molecule has 2 aromatic carbocycles. The molecular formula is C23H26N2O2. The van der Waals surface area contributed by atoms with Crippen LogP contribution in [0.3, 0.4) is 0 Å². The molecule has 140 valence electrons. The first-order valence-corrected chi connectivity index (χ1v) is 9.73. The van der Waals surface area contributed by atoms with Gasteiger partial charge in [-0.15, -0.1) is 0 Å². The lowest BCUT2D eigenvalue weighted by Gasteiger charge is -2.33. The zero-order valence-corrected chi connectivity index (χ0v) is 15.5. The average Bonchev–Trinajstić information content (AvgIpc) is 3.18. The molecule has 4 rings (SSSR count). The predicted octanol–water partition coefficient (Wildman–Crippen LogP) is 4.16. The molecule has 3 aromatic rings. The highest BCUT2D eigenvalue weighted by atomic mass is 16.5. The van der Waals surface area contributed by atoms with Gasteiger partial charge >= 0.3 is 0 Å². The normalized spacial score (nSPS) is 17.1. The summed E-state index contributed by atoms with van der Waals surface area (Å²) in [5, 5.41) is 14.8. The highest BCUT2D eigenvalue weighted by Crippen LogP contribution is 2.25. The first-order chi connectivity index (χ1) is 13.3. The van der Waals surface area contributed by atoms with E-state index in [9.17, 15) is 5.11 Å². The zero-order valence-electron chi connectivity index (χ0n) is 15.5. The molecule has 1 saturated heterocycles. The van der Waals surface area contributed by atoms with Crippen molar-refractivity contribution in [3.05, 3.63) is 78.1 Å². The molecule has 1 atom stereocenters. The number of nitrogens with zero attached hydrogens (tertiary/aromatic N) is 2. The van der Waals surface area contributed by atoms with Crippen LogP contribution in [0.1, 0.15) is 24.2 Å². The number of aliphatic hydroxyl groups is 1. The largest absolute Gasteiger partial charge is 0.392 e. The van der Waals surface area contributed by atoms with Crippen LogP contribution in [0, 0.1) is 5.92 Å². The van der Waals surface area contributed by atoms with Gasteiger partial charge in [-0.1, -0.05) is 65.8 Å². The number of hydrogen-bond acceptors (Lipinski definition) is 4. The Balaban J connectivity index is 1.28. The Hall–Kier alpha value is -2.43. The SMILES string of the molecule is OC(Cc1ccccc1)C1CCN(Cc2cc(-c3ccccc3)no2)CC1. The minimum atomic E-state index is -0.260. The third kappa shape index (κ3) is 4.65. The summed E-state index contributed by atoms with van der Waals surface area (Å²) in [4.78, 5) is 2.39. The van der Waals surface area contributed by atoms with Gasteiger partial charge in [-0.05, 0) is 43.8 Å². The number of likely N-dealkylation sites (tertiary alicyclic amines) is 1. The van der Waals surface area contributed by atoms with E-state index in [1.54, 1.807) is 0 Å². The second kappa shape index (κ2) is 8.51. The molecular weight excluding hydrogens is 336 g/mol. The summed E-state index contributed by atoms with van der Waals surface area (Å²) in [6.07, 6.45) is 2.53. The summed E-state index contributed by atoms with van der Waals surface area (Å²) < 4.78 is 5.53. The molecule has 1 unspecified atom stereocenters. The summed E-state index contributed by atoms with van der Waals surface area (Å²) >= 11 is 0. The topological polar surface area (TPSA) is 49.5 Å². The lowest BCUT2D eigenvalue weighted by Crippen LogP contribution is -2.38. The predicted molar refractivity (Wildman–Crippen MR) is 106 cm³/mol. The molecule has 0 radical (unpaired) electrons. The van der Waals surface area contributed by atoms with E-state index < -0.39 is 0 Å². The first kappa shape index (κ1) is 18.0. The summed E-state index contributed by atoms with van der Waals surface area (Å²) in [7, 11) is 0. The first-order valence-electron chi connectivity index (χ1n) is 9.73. The van der Waals surface area contributed by atoms with Gasteiger partial charge < -0.3 is 9.63 Å². The quantitative estimate of drug-likeness (QED) is 0.715. The molecule has 1 N–H and O–H groups in total. The van der Waals surface area contributed by atoms with Crippen LogP contribution in [0.4, 0.5) is 0 Å². The van der Waals surface area contributed by atoms with Crippen molar-refractivity contribution in [2.45, 2.75) is 31.9 Å². The van der Waals surface area contributed by atoms with Crippen molar-refractivity contribution in [2.75, 3.05) is 13.1 Å². The van der Waals surface area contributed by atoms with Crippen molar-refractivity contribution < 1.29 is 9.63 Å². The van der Waals surface area contributed by atoms with Gasteiger partial charge in [-0.25, -0.2) is 0 Å². The Morgan fingerprint density at radius 3 is 2.37 bits per heavy atom. The number of benzene rings is 2. The van der Waals surface area contributed by atoms with E-state index >= 15 is 0 Å². The maximum absolute atomic E-state index is 10.6. The van der Waals surface area contributed by atoms with Crippen molar-refractivity contribution in [1.29, 1.82) is 0 Å². The van der Waals surface area contributed by atoms with Gasteiger partial charge in [0.05, 0.1) is 12.6 Å². The fraction of sp³-hybridized carbons (Fsp3) is 0.348. The minimum Gasteiger partial charge on any atom is -0.392 e. The summed E-state index contributed by atoms with van der Waals surface area (Å²) in [6.45, 7) is 2.75. The van der Waals surface area contributed by atoms with Crippen LogP contribution in [0.15, 0.2) is 71.3 Å². The van der Waals surface area contributed by atoms with Crippen LogP contribution < -0.4 is 0 Å². The molecule has 1 fully saturated rings. The van der Waals surface area contributed by atoms with E-state index in [1.165, 1.54) is 5.56 Å². The fourth-order valence-corrected chi connectivity index (χ4v) is 3.87. The Kier molecular flexibility index (Phi) is 5.66. The highest BCUT2D eigenvalue weighted by molar-refractivity contribution is 5.58. The standard InChI is InChI=1S/C23H26N2O2/c26-23(15-18-7-3-1-4-8-18)20-11-13-25(14-12-20)17-21-16-22(24-27-21)19-9-5-2-6-10-19/h1-10,16,20,23,26H,11-15,17H2. The van der Waals surface area contributed by atoms with E-state index in [1.807, 2.05) is 54.6 Å². The molecule has 4 heteroatoms. The van der Waals surface area contributed by atoms with Gasteiger partial charge in [0.15, 0.2) is 5.76 Å². The van der Waals surface area contributed by atoms with Crippen molar-refractivity contribution in [3.8, 4) is 11.3 Å². The lowest BCUT2D eigenvalue weighted by atomic mass is 9.88. The van der Waals surface area contributed by atoms with Crippen LogP contribution >= 0.6 is 0 Å². The van der Waals surface area contributed by atoms with Gasteiger partial charge in [-0.2, -0.15) is 0 Å². The molecule has 1 aliphatic rings. The van der Waals surface area contributed by atoms with Gasteiger partial charge in [0.1, 0.15) is 5.69 Å². The van der Waals surface area contributed by atoms with Crippen LogP contribution in [-0.4, -0.2) is 34.4 Å². The molecule has 0 aliphatic carbocycles. The van der Waals surface area contributed by atoms with E-state index in [2.05, 4.69) is 22.2 Å². The third-order valence-corrected chi connectivity index (χ3v) is 5.47. The lowest BCUT2D eigenvalue weighted by molar-refractivity contribution is 0.0552.